The molecular weight excluding hydrogens is 457 g/mol. The van der Waals surface area contributed by atoms with Crippen LogP contribution in [0.4, 0.5) is 10.1 Å². The van der Waals surface area contributed by atoms with Gasteiger partial charge in [0.15, 0.2) is 4.32 Å². The summed E-state index contributed by atoms with van der Waals surface area (Å²) in [6, 6.07) is 19.7. The van der Waals surface area contributed by atoms with Crippen LogP contribution in [-0.2, 0) is 14.9 Å². The van der Waals surface area contributed by atoms with E-state index in [1.165, 1.54) is 53.4 Å². The van der Waals surface area contributed by atoms with Gasteiger partial charge in [-0.1, -0.05) is 60.4 Å². The van der Waals surface area contributed by atoms with Crippen molar-refractivity contribution in [3.63, 3.8) is 0 Å². The zero-order valence-electron chi connectivity index (χ0n) is 15.8. The molecule has 1 saturated heterocycles. The summed E-state index contributed by atoms with van der Waals surface area (Å²) in [6.45, 7) is 0. The SMILES string of the molecule is O=C1C(=Cc2ccccc2OS(=O)(=O)c2ccccc2)SC(=S)N1c1ccc(F)cc1. The Balaban J connectivity index is 1.65. The highest BCUT2D eigenvalue weighted by atomic mass is 32.2. The number of para-hydroxylation sites is 1. The lowest BCUT2D eigenvalue weighted by atomic mass is 10.2. The molecule has 0 N–H and O–H groups in total. The van der Waals surface area contributed by atoms with E-state index >= 15 is 0 Å². The Hall–Kier alpha value is -3.01. The maximum atomic E-state index is 13.2. The Morgan fingerprint density at radius 2 is 1.58 bits per heavy atom. The van der Waals surface area contributed by atoms with Crippen molar-refractivity contribution in [1.82, 2.24) is 0 Å². The van der Waals surface area contributed by atoms with Gasteiger partial charge in [-0.25, -0.2) is 4.39 Å². The van der Waals surface area contributed by atoms with Gasteiger partial charge >= 0.3 is 10.1 Å². The normalized spacial score (nSPS) is 15.5. The van der Waals surface area contributed by atoms with Crippen molar-refractivity contribution >= 4 is 56.1 Å². The smallest absolute Gasteiger partial charge is 0.339 e. The first-order chi connectivity index (χ1) is 14.8. The fourth-order valence-corrected chi connectivity index (χ4v) is 5.12. The summed E-state index contributed by atoms with van der Waals surface area (Å²) in [7, 11) is -4.04. The summed E-state index contributed by atoms with van der Waals surface area (Å²) in [4.78, 5) is 14.5. The fraction of sp³-hybridized carbons (Fsp3) is 0. The molecule has 0 unspecified atom stereocenters. The number of nitrogens with zero attached hydrogens (tertiary/aromatic N) is 1. The van der Waals surface area contributed by atoms with Crippen LogP contribution in [0.2, 0.25) is 0 Å². The standard InChI is InChI=1S/C22H14FNO4S3/c23-16-10-12-17(13-11-16)24-21(25)20(30-22(24)29)14-15-6-4-5-9-19(15)28-31(26,27)18-7-2-1-3-8-18/h1-14H. The average molecular weight is 472 g/mol. The topological polar surface area (TPSA) is 63.7 Å². The van der Waals surface area contributed by atoms with E-state index in [0.717, 1.165) is 11.8 Å². The van der Waals surface area contributed by atoms with Crippen molar-refractivity contribution in [2.75, 3.05) is 4.90 Å². The summed E-state index contributed by atoms with van der Waals surface area (Å²) in [5, 5.41) is 0. The molecule has 0 saturated carbocycles. The first-order valence-electron chi connectivity index (χ1n) is 8.97. The van der Waals surface area contributed by atoms with E-state index < -0.39 is 15.9 Å². The predicted octanol–water partition coefficient (Wildman–Crippen LogP) is 5.00. The van der Waals surface area contributed by atoms with Gasteiger partial charge in [-0.15, -0.1) is 0 Å². The second-order valence-electron chi connectivity index (χ2n) is 6.38. The molecule has 31 heavy (non-hydrogen) atoms. The van der Waals surface area contributed by atoms with Crippen molar-refractivity contribution in [2.24, 2.45) is 0 Å². The predicted molar refractivity (Wildman–Crippen MR) is 123 cm³/mol. The second kappa shape index (κ2) is 8.62. The zero-order valence-corrected chi connectivity index (χ0v) is 18.2. The maximum absolute atomic E-state index is 13.2. The Labute approximate surface area is 188 Å². The summed E-state index contributed by atoms with van der Waals surface area (Å²) in [6.07, 6.45) is 1.53. The monoisotopic (exact) mass is 471 g/mol. The number of hydrogen-bond donors (Lipinski definition) is 0. The van der Waals surface area contributed by atoms with Gasteiger partial charge in [0.25, 0.3) is 5.91 Å². The van der Waals surface area contributed by atoms with Gasteiger partial charge in [-0.2, -0.15) is 8.42 Å². The lowest BCUT2D eigenvalue weighted by Gasteiger charge is -2.14. The highest BCUT2D eigenvalue weighted by Gasteiger charge is 2.33. The highest BCUT2D eigenvalue weighted by Crippen LogP contribution is 2.37. The average Bonchev–Trinajstić information content (AvgIpc) is 3.04. The van der Waals surface area contributed by atoms with E-state index in [2.05, 4.69) is 0 Å². The van der Waals surface area contributed by atoms with Crippen LogP contribution >= 0.6 is 24.0 Å². The lowest BCUT2D eigenvalue weighted by Crippen LogP contribution is -2.27. The molecule has 1 aliphatic heterocycles. The first-order valence-corrected chi connectivity index (χ1v) is 11.6. The highest BCUT2D eigenvalue weighted by molar-refractivity contribution is 8.27. The Kier molecular flexibility index (Phi) is 5.90. The quantitative estimate of drug-likeness (QED) is 0.297. The summed E-state index contributed by atoms with van der Waals surface area (Å²) in [5.74, 6) is -0.726. The first kappa shape index (κ1) is 21.2. The third-order valence-electron chi connectivity index (χ3n) is 4.32. The van der Waals surface area contributed by atoms with E-state index in [1.807, 2.05) is 0 Å². The number of carbonyl (C=O) groups is 1. The van der Waals surface area contributed by atoms with Gasteiger partial charge in [-0.05, 0) is 48.5 Å². The number of amides is 1. The zero-order chi connectivity index (χ0) is 22.0. The number of benzene rings is 3. The lowest BCUT2D eigenvalue weighted by molar-refractivity contribution is -0.113. The molecule has 5 nitrogen and oxygen atoms in total. The van der Waals surface area contributed by atoms with Gasteiger partial charge in [0.2, 0.25) is 0 Å². The maximum Gasteiger partial charge on any atom is 0.339 e. The molecule has 1 fully saturated rings. The minimum Gasteiger partial charge on any atom is -0.378 e. The number of halogens is 1. The molecule has 156 valence electrons. The summed E-state index contributed by atoms with van der Waals surface area (Å²) >= 11 is 6.39. The number of anilines is 1. The molecule has 0 atom stereocenters. The molecule has 0 radical (unpaired) electrons. The molecule has 0 aliphatic carbocycles. The van der Waals surface area contributed by atoms with Gasteiger partial charge in [0.1, 0.15) is 16.5 Å². The van der Waals surface area contributed by atoms with E-state index in [0.29, 0.717) is 16.2 Å². The molecule has 4 rings (SSSR count). The second-order valence-corrected chi connectivity index (χ2v) is 9.60. The number of thioether (sulfide) groups is 1. The molecule has 1 aliphatic rings. The van der Waals surface area contributed by atoms with E-state index in [1.54, 1.807) is 36.4 Å². The van der Waals surface area contributed by atoms with Gasteiger partial charge in [-0.3, -0.25) is 9.69 Å². The summed E-state index contributed by atoms with van der Waals surface area (Å²) < 4.78 is 44.0. The van der Waals surface area contributed by atoms with Crippen molar-refractivity contribution in [2.45, 2.75) is 4.90 Å². The molecule has 0 bridgehead atoms. The van der Waals surface area contributed by atoms with E-state index in [9.17, 15) is 17.6 Å². The fourth-order valence-electron chi connectivity index (χ4n) is 2.85. The molecule has 3 aromatic rings. The van der Waals surface area contributed by atoms with Crippen LogP contribution < -0.4 is 9.08 Å². The Morgan fingerprint density at radius 3 is 2.29 bits per heavy atom. The Morgan fingerprint density at radius 1 is 0.935 bits per heavy atom. The van der Waals surface area contributed by atoms with Crippen molar-refractivity contribution in [3.05, 3.63) is 95.1 Å². The van der Waals surface area contributed by atoms with Crippen molar-refractivity contribution in [3.8, 4) is 5.75 Å². The van der Waals surface area contributed by atoms with Crippen molar-refractivity contribution < 1.29 is 21.8 Å². The molecule has 0 aromatic heterocycles. The van der Waals surface area contributed by atoms with Crippen LogP contribution in [0.25, 0.3) is 6.08 Å². The number of hydrogen-bond acceptors (Lipinski definition) is 6. The number of thiocarbonyl (C=S) groups is 1. The molecular formula is C22H14FNO4S3. The van der Waals surface area contributed by atoms with E-state index in [-0.39, 0.29) is 20.9 Å². The van der Waals surface area contributed by atoms with Crippen LogP contribution in [0.1, 0.15) is 5.56 Å². The number of carbonyl (C=O) groups excluding carboxylic acids is 1. The van der Waals surface area contributed by atoms with Crippen molar-refractivity contribution in [1.29, 1.82) is 0 Å². The number of rotatable bonds is 5. The van der Waals surface area contributed by atoms with Gasteiger partial charge < -0.3 is 4.18 Å². The molecule has 1 heterocycles. The molecule has 3 aromatic carbocycles. The third kappa shape index (κ3) is 4.53. The molecule has 1 amide bonds. The van der Waals surface area contributed by atoms with Crippen LogP contribution in [0, 0.1) is 5.82 Å². The van der Waals surface area contributed by atoms with Gasteiger partial charge in [0, 0.05) is 5.56 Å². The summed E-state index contributed by atoms with van der Waals surface area (Å²) in [5.41, 5.74) is 0.852. The third-order valence-corrected chi connectivity index (χ3v) is 6.87. The van der Waals surface area contributed by atoms with Crippen LogP contribution in [-0.4, -0.2) is 18.6 Å². The minimum atomic E-state index is -4.04. The van der Waals surface area contributed by atoms with Crippen LogP contribution in [0.5, 0.6) is 5.75 Å². The molecule has 0 spiro atoms. The minimum absolute atomic E-state index is 0.0208. The Bertz CT molecular complexity index is 1290. The van der Waals surface area contributed by atoms with Crippen LogP contribution in [0.15, 0.2) is 88.7 Å². The van der Waals surface area contributed by atoms with Gasteiger partial charge in [0.05, 0.1) is 10.6 Å². The van der Waals surface area contributed by atoms with E-state index in [4.69, 9.17) is 16.4 Å². The largest absolute Gasteiger partial charge is 0.378 e. The molecule has 9 heteroatoms. The van der Waals surface area contributed by atoms with Crippen LogP contribution in [0.3, 0.4) is 0 Å².